The van der Waals surface area contributed by atoms with Gasteiger partial charge < -0.3 is 21.3 Å². The van der Waals surface area contributed by atoms with Crippen molar-refractivity contribution >= 4 is 11.4 Å². The van der Waals surface area contributed by atoms with Gasteiger partial charge in [-0.25, -0.2) is 0 Å². The summed E-state index contributed by atoms with van der Waals surface area (Å²) in [6, 6.07) is 11.6. The minimum atomic E-state index is 0.0109. The zero-order valence-corrected chi connectivity index (χ0v) is 8.55. The molecule has 2 aromatic rings. The molecule has 0 radical (unpaired) electrons. The molecule has 0 amide bonds. The number of benzene rings is 2. The maximum atomic E-state index is 9.58. The molecule has 4 heteroatoms. The number of anilines is 2. The van der Waals surface area contributed by atoms with Gasteiger partial charge in [-0.05, 0) is 36.4 Å². The maximum Gasteiger partial charge on any atom is 0.169 e. The van der Waals surface area contributed by atoms with Gasteiger partial charge in [-0.2, -0.15) is 0 Å². The molecule has 0 aliphatic heterocycles. The summed E-state index contributed by atoms with van der Waals surface area (Å²) >= 11 is 0. The zero-order valence-electron chi connectivity index (χ0n) is 8.55. The molecule has 5 N–H and O–H groups in total. The molecule has 0 bridgehead atoms. The Bertz CT molecular complexity index is 495. The first kappa shape index (κ1) is 10.2. The van der Waals surface area contributed by atoms with E-state index in [4.69, 9.17) is 16.2 Å². The average molecular weight is 216 g/mol. The molecule has 0 saturated carbocycles. The fraction of sp³-hybridized carbons (Fsp3) is 0. The molecule has 16 heavy (non-hydrogen) atoms. The molecule has 0 fully saturated rings. The van der Waals surface area contributed by atoms with Gasteiger partial charge in [0.25, 0.3) is 0 Å². The van der Waals surface area contributed by atoms with Gasteiger partial charge in [-0.3, -0.25) is 0 Å². The third-order valence-corrected chi connectivity index (χ3v) is 2.09. The molecule has 0 saturated heterocycles. The van der Waals surface area contributed by atoms with E-state index in [1.165, 1.54) is 6.07 Å². The number of rotatable bonds is 2. The van der Waals surface area contributed by atoms with Crippen molar-refractivity contribution in [2.75, 3.05) is 11.5 Å². The molecular weight excluding hydrogens is 204 g/mol. The topological polar surface area (TPSA) is 81.5 Å². The first-order chi connectivity index (χ1) is 7.65. The van der Waals surface area contributed by atoms with Crippen molar-refractivity contribution in [3.63, 3.8) is 0 Å². The van der Waals surface area contributed by atoms with Gasteiger partial charge in [-0.1, -0.05) is 0 Å². The fourth-order valence-corrected chi connectivity index (χ4v) is 1.28. The third kappa shape index (κ3) is 2.17. The minimum Gasteiger partial charge on any atom is -0.504 e. The smallest absolute Gasteiger partial charge is 0.169 e. The van der Waals surface area contributed by atoms with Crippen LogP contribution in [0.4, 0.5) is 11.4 Å². The van der Waals surface area contributed by atoms with Gasteiger partial charge in [0.2, 0.25) is 0 Å². The number of nitrogens with two attached hydrogens (primary N) is 2. The number of nitrogen functional groups attached to an aromatic ring is 2. The van der Waals surface area contributed by atoms with Crippen LogP contribution in [0, 0.1) is 0 Å². The van der Waals surface area contributed by atoms with Gasteiger partial charge in [0.05, 0.1) is 0 Å². The van der Waals surface area contributed by atoms with E-state index in [1.54, 1.807) is 36.4 Å². The highest BCUT2D eigenvalue weighted by Crippen LogP contribution is 2.32. The van der Waals surface area contributed by atoms with Gasteiger partial charge >= 0.3 is 0 Å². The quantitative estimate of drug-likeness (QED) is 0.673. The summed E-state index contributed by atoms with van der Waals surface area (Å²) in [4.78, 5) is 0. The summed E-state index contributed by atoms with van der Waals surface area (Å²) in [5.41, 5.74) is 12.2. The van der Waals surface area contributed by atoms with Crippen molar-refractivity contribution in [2.45, 2.75) is 0 Å². The van der Waals surface area contributed by atoms with Crippen LogP contribution < -0.4 is 16.2 Å². The van der Waals surface area contributed by atoms with Crippen LogP contribution in [0.1, 0.15) is 0 Å². The highest BCUT2D eigenvalue weighted by molar-refractivity contribution is 5.52. The largest absolute Gasteiger partial charge is 0.504 e. The second-order valence-electron chi connectivity index (χ2n) is 3.40. The van der Waals surface area contributed by atoms with Crippen molar-refractivity contribution in [1.82, 2.24) is 0 Å². The summed E-state index contributed by atoms with van der Waals surface area (Å²) in [6.07, 6.45) is 0. The lowest BCUT2D eigenvalue weighted by Gasteiger charge is -2.08. The van der Waals surface area contributed by atoms with E-state index in [1.807, 2.05) is 0 Å². The van der Waals surface area contributed by atoms with E-state index >= 15 is 0 Å². The molecule has 82 valence electrons. The number of ether oxygens (including phenoxy) is 1. The van der Waals surface area contributed by atoms with E-state index in [0.29, 0.717) is 22.9 Å². The van der Waals surface area contributed by atoms with E-state index in [-0.39, 0.29) is 5.75 Å². The number of phenols is 1. The predicted molar refractivity (Wildman–Crippen MR) is 63.4 cm³/mol. The summed E-state index contributed by atoms with van der Waals surface area (Å²) < 4.78 is 5.46. The van der Waals surface area contributed by atoms with Crippen LogP contribution in [-0.2, 0) is 0 Å². The summed E-state index contributed by atoms with van der Waals surface area (Å²) in [5, 5.41) is 9.58. The van der Waals surface area contributed by atoms with Crippen LogP contribution in [0.15, 0.2) is 42.5 Å². The maximum absolute atomic E-state index is 9.58. The van der Waals surface area contributed by atoms with Crippen LogP contribution in [0.3, 0.4) is 0 Å². The van der Waals surface area contributed by atoms with Crippen LogP contribution >= 0.6 is 0 Å². The minimum absolute atomic E-state index is 0.0109. The molecule has 2 aromatic carbocycles. The Labute approximate surface area is 93.1 Å². The number of aromatic hydroxyl groups is 1. The van der Waals surface area contributed by atoms with Crippen molar-refractivity contribution < 1.29 is 9.84 Å². The lowest BCUT2D eigenvalue weighted by Crippen LogP contribution is -1.89. The zero-order chi connectivity index (χ0) is 11.5. The normalized spacial score (nSPS) is 10.0. The molecule has 0 heterocycles. The average Bonchev–Trinajstić information content (AvgIpc) is 2.25. The highest BCUT2D eigenvalue weighted by atomic mass is 16.5. The first-order valence-corrected chi connectivity index (χ1v) is 4.77. The Morgan fingerprint density at radius 3 is 2.12 bits per heavy atom. The Kier molecular flexibility index (Phi) is 2.55. The fourth-order valence-electron chi connectivity index (χ4n) is 1.28. The molecule has 0 aliphatic rings. The van der Waals surface area contributed by atoms with Crippen LogP contribution in [0.2, 0.25) is 0 Å². The SMILES string of the molecule is Nc1ccc(Oc2ccc(N)cc2O)cc1. The highest BCUT2D eigenvalue weighted by Gasteiger charge is 2.03. The standard InChI is InChI=1S/C12H12N2O2/c13-8-1-4-10(5-2-8)16-12-6-3-9(14)7-11(12)15/h1-7,15H,13-14H2. The van der Waals surface area contributed by atoms with Crippen LogP contribution in [0.25, 0.3) is 0 Å². The van der Waals surface area contributed by atoms with Crippen molar-refractivity contribution in [2.24, 2.45) is 0 Å². The number of phenolic OH excluding ortho intramolecular Hbond substituents is 1. The van der Waals surface area contributed by atoms with Crippen LogP contribution in [0.5, 0.6) is 17.2 Å². The third-order valence-electron chi connectivity index (χ3n) is 2.09. The van der Waals surface area contributed by atoms with Crippen LogP contribution in [-0.4, -0.2) is 5.11 Å². The molecule has 2 rings (SSSR count). The monoisotopic (exact) mass is 216 g/mol. The molecule has 0 spiro atoms. The van der Waals surface area contributed by atoms with E-state index < -0.39 is 0 Å². The van der Waals surface area contributed by atoms with Crippen molar-refractivity contribution in [3.8, 4) is 17.2 Å². The molecule has 0 unspecified atom stereocenters. The Morgan fingerprint density at radius 1 is 0.875 bits per heavy atom. The van der Waals surface area contributed by atoms with Gasteiger partial charge in [-0.15, -0.1) is 0 Å². The number of hydrogen-bond acceptors (Lipinski definition) is 4. The summed E-state index contributed by atoms with van der Waals surface area (Å²) in [7, 11) is 0. The Morgan fingerprint density at radius 2 is 1.50 bits per heavy atom. The van der Waals surface area contributed by atoms with E-state index in [9.17, 15) is 5.11 Å². The first-order valence-electron chi connectivity index (χ1n) is 4.77. The van der Waals surface area contributed by atoms with Crippen molar-refractivity contribution in [1.29, 1.82) is 0 Å². The lowest BCUT2D eigenvalue weighted by molar-refractivity contribution is 0.411. The molecule has 0 aliphatic carbocycles. The second-order valence-corrected chi connectivity index (χ2v) is 3.40. The van der Waals surface area contributed by atoms with Gasteiger partial charge in [0.15, 0.2) is 11.5 Å². The Balaban J connectivity index is 2.23. The summed E-state index contributed by atoms with van der Waals surface area (Å²) in [6.45, 7) is 0. The lowest BCUT2D eigenvalue weighted by atomic mass is 10.2. The van der Waals surface area contributed by atoms with Crippen molar-refractivity contribution in [3.05, 3.63) is 42.5 Å². The second kappa shape index (κ2) is 4.02. The van der Waals surface area contributed by atoms with Gasteiger partial charge in [0, 0.05) is 17.4 Å². The Hall–Kier alpha value is -2.36. The van der Waals surface area contributed by atoms with Gasteiger partial charge in [0.1, 0.15) is 5.75 Å². The molecule has 0 aromatic heterocycles. The number of hydrogen-bond donors (Lipinski definition) is 3. The predicted octanol–water partition coefficient (Wildman–Crippen LogP) is 2.35. The molecular formula is C12H12N2O2. The van der Waals surface area contributed by atoms with E-state index in [2.05, 4.69) is 0 Å². The molecule has 4 nitrogen and oxygen atoms in total. The molecule has 0 atom stereocenters. The summed E-state index contributed by atoms with van der Waals surface area (Å²) in [5.74, 6) is 0.977. The van der Waals surface area contributed by atoms with E-state index in [0.717, 1.165) is 0 Å².